The number of carbonyl (C=O) groups excluding carboxylic acids is 3. The molecule has 2 aromatic carbocycles. The molecule has 6 nitrogen and oxygen atoms in total. The predicted octanol–water partition coefficient (Wildman–Crippen LogP) is 0.579. The minimum absolute atomic E-state index is 0.254. The average Bonchev–Trinajstić information content (AvgIpc) is 3.16. The summed E-state index contributed by atoms with van der Waals surface area (Å²) in [5.74, 6) is -2.50. The van der Waals surface area contributed by atoms with Crippen LogP contribution in [0.1, 0.15) is 22.7 Å². The molecule has 3 aliphatic heterocycles. The smallest absolute Gasteiger partial charge is 0.277 e. The van der Waals surface area contributed by atoms with Crippen molar-refractivity contribution in [3.8, 4) is 0 Å². The van der Waals surface area contributed by atoms with Crippen molar-refractivity contribution in [2.45, 2.75) is 19.0 Å². The quantitative estimate of drug-likeness (QED) is 0.754. The summed E-state index contributed by atoms with van der Waals surface area (Å²) >= 11 is 0. The highest BCUT2D eigenvalue weighted by atomic mass is 16.2. The van der Waals surface area contributed by atoms with E-state index >= 15 is 0 Å². The average molecular weight is 374 g/mol. The van der Waals surface area contributed by atoms with Gasteiger partial charge in [0.1, 0.15) is 17.9 Å². The van der Waals surface area contributed by atoms with Gasteiger partial charge in [-0.2, -0.15) is 0 Å². The maximum atomic E-state index is 13.4. The summed E-state index contributed by atoms with van der Waals surface area (Å²) in [6, 6.07) is 14.0. The topological polar surface area (TPSA) is 84.9 Å². The van der Waals surface area contributed by atoms with Crippen molar-refractivity contribution in [2.75, 3.05) is 4.90 Å². The molecule has 3 amide bonds. The number of rotatable bonds is 2. The van der Waals surface area contributed by atoms with Gasteiger partial charge in [-0.25, -0.2) is 4.90 Å². The SMILES string of the molecule is Cc1ccc(N2C(=O)[C@@H]3[C@H](C2=O)[C@@H]2c4ccccc4C=C[NH+]2[C@@H]3C(N)=O)cc1. The van der Waals surface area contributed by atoms with E-state index in [4.69, 9.17) is 5.73 Å². The number of primary amides is 1. The Morgan fingerprint density at radius 2 is 1.68 bits per heavy atom. The van der Waals surface area contributed by atoms with Crippen molar-refractivity contribution in [1.29, 1.82) is 0 Å². The number of fused-ring (bicyclic) bond motifs is 5. The van der Waals surface area contributed by atoms with Gasteiger partial charge >= 0.3 is 0 Å². The Labute approximate surface area is 162 Å². The minimum Gasteiger partial charge on any atom is -0.364 e. The Kier molecular flexibility index (Phi) is 3.54. The maximum Gasteiger partial charge on any atom is 0.277 e. The lowest BCUT2D eigenvalue weighted by atomic mass is 9.84. The van der Waals surface area contributed by atoms with Crippen LogP contribution < -0.4 is 15.5 Å². The lowest BCUT2D eigenvalue weighted by Gasteiger charge is -2.30. The molecule has 0 aromatic heterocycles. The van der Waals surface area contributed by atoms with E-state index in [0.29, 0.717) is 5.69 Å². The number of nitrogens with zero attached hydrogens (tertiary/aromatic N) is 1. The first kappa shape index (κ1) is 16.9. The Balaban J connectivity index is 1.65. The van der Waals surface area contributed by atoms with E-state index in [-0.39, 0.29) is 17.9 Å². The highest BCUT2D eigenvalue weighted by Gasteiger charge is 2.67. The molecule has 0 bridgehead atoms. The highest BCUT2D eigenvalue weighted by Crippen LogP contribution is 2.44. The van der Waals surface area contributed by atoms with Crippen LogP contribution in [0.2, 0.25) is 0 Å². The Hall–Kier alpha value is -3.25. The van der Waals surface area contributed by atoms with Crippen molar-refractivity contribution in [1.82, 2.24) is 0 Å². The third-order valence-corrected chi connectivity index (χ3v) is 6.22. The van der Waals surface area contributed by atoms with E-state index in [1.807, 2.05) is 55.6 Å². The fourth-order valence-electron chi connectivity index (χ4n) is 5.02. The first-order chi connectivity index (χ1) is 13.5. The number of amides is 3. The summed E-state index contributed by atoms with van der Waals surface area (Å²) in [6.07, 6.45) is 3.81. The molecule has 2 fully saturated rings. The zero-order chi connectivity index (χ0) is 19.6. The van der Waals surface area contributed by atoms with Gasteiger partial charge in [0.05, 0.1) is 11.9 Å². The normalized spacial score (nSPS) is 30.2. The third kappa shape index (κ3) is 2.15. The van der Waals surface area contributed by atoms with Crippen LogP contribution >= 0.6 is 0 Å². The Morgan fingerprint density at radius 1 is 1.00 bits per heavy atom. The second-order valence-electron chi connectivity index (χ2n) is 7.72. The molecule has 1 unspecified atom stereocenters. The summed E-state index contributed by atoms with van der Waals surface area (Å²) in [6.45, 7) is 1.95. The largest absolute Gasteiger partial charge is 0.364 e. The van der Waals surface area contributed by atoms with Crippen LogP contribution in [-0.4, -0.2) is 23.8 Å². The molecule has 140 valence electrons. The van der Waals surface area contributed by atoms with Gasteiger partial charge in [-0.05, 0) is 30.7 Å². The van der Waals surface area contributed by atoms with E-state index in [9.17, 15) is 14.4 Å². The maximum absolute atomic E-state index is 13.4. The van der Waals surface area contributed by atoms with Crippen LogP contribution in [0.25, 0.3) is 6.08 Å². The lowest BCUT2D eigenvalue weighted by molar-refractivity contribution is -0.884. The number of aryl methyl sites for hydroxylation is 1. The van der Waals surface area contributed by atoms with E-state index in [0.717, 1.165) is 21.6 Å². The zero-order valence-electron chi connectivity index (χ0n) is 15.3. The number of benzene rings is 2. The van der Waals surface area contributed by atoms with Crippen molar-refractivity contribution >= 4 is 29.5 Å². The Morgan fingerprint density at radius 3 is 2.39 bits per heavy atom. The van der Waals surface area contributed by atoms with Crippen molar-refractivity contribution in [3.05, 3.63) is 71.4 Å². The molecule has 0 saturated carbocycles. The first-order valence-corrected chi connectivity index (χ1v) is 9.36. The molecule has 3 N–H and O–H groups in total. The van der Waals surface area contributed by atoms with Crippen LogP contribution in [0.5, 0.6) is 0 Å². The number of nitrogens with one attached hydrogen (secondary N) is 1. The summed E-state index contributed by atoms with van der Waals surface area (Å²) in [4.78, 5) is 41.1. The number of hydrogen-bond acceptors (Lipinski definition) is 3. The number of carbonyl (C=O) groups is 3. The van der Waals surface area contributed by atoms with E-state index in [1.165, 1.54) is 4.90 Å². The summed E-state index contributed by atoms with van der Waals surface area (Å²) in [5, 5.41) is 0. The van der Waals surface area contributed by atoms with Gasteiger partial charge in [0.25, 0.3) is 5.91 Å². The third-order valence-electron chi connectivity index (χ3n) is 6.22. The fraction of sp³-hybridized carbons (Fsp3) is 0.227. The predicted molar refractivity (Wildman–Crippen MR) is 103 cm³/mol. The molecule has 0 aliphatic carbocycles. The number of hydrogen-bond donors (Lipinski definition) is 2. The van der Waals surface area contributed by atoms with E-state index in [2.05, 4.69) is 0 Å². The highest BCUT2D eigenvalue weighted by molar-refractivity contribution is 6.23. The minimum atomic E-state index is -0.758. The number of imide groups is 1. The molecular weight excluding hydrogens is 354 g/mol. The molecule has 5 rings (SSSR count). The monoisotopic (exact) mass is 374 g/mol. The second kappa shape index (κ2) is 5.87. The van der Waals surface area contributed by atoms with Gasteiger partial charge in [-0.3, -0.25) is 19.3 Å². The van der Waals surface area contributed by atoms with Crippen LogP contribution in [0, 0.1) is 18.8 Å². The fourth-order valence-corrected chi connectivity index (χ4v) is 5.02. The summed E-state index contributed by atoms with van der Waals surface area (Å²) in [7, 11) is 0. The zero-order valence-corrected chi connectivity index (χ0v) is 15.3. The van der Waals surface area contributed by atoms with Crippen LogP contribution in [-0.2, 0) is 14.4 Å². The lowest BCUT2D eigenvalue weighted by Crippen LogP contribution is -3.12. The van der Waals surface area contributed by atoms with Gasteiger partial charge in [-0.1, -0.05) is 42.0 Å². The van der Waals surface area contributed by atoms with Crippen molar-refractivity contribution in [2.24, 2.45) is 17.6 Å². The Bertz CT molecular complexity index is 1040. The van der Waals surface area contributed by atoms with Gasteiger partial charge in [0, 0.05) is 5.56 Å². The summed E-state index contributed by atoms with van der Waals surface area (Å²) in [5.41, 5.74) is 9.29. The molecule has 5 atom stereocenters. The molecule has 3 aliphatic rings. The molecule has 28 heavy (non-hydrogen) atoms. The van der Waals surface area contributed by atoms with Crippen LogP contribution in [0.4, 0.5) is 5.69 Å². The molecular formula is C22H20N3O3+. The molecule has 3 heterocycles. The van der Waals surface area contributed by atoms with Gasteiger partial charge in [-0.15, -0.1) is 0 Å². The number of quaternary nitrogens is 1. The molecule has 2 saturated heterocycles. The van der Waals surface area contributed by atoms with Gasteiger partial charge in [0.15, 0.2) is 6.04 Å². The molecule has 0 spiro atoms. The number of anilines is 1. The molecule has 0 radical (unpaired) electrons. The standard InChI is InChI=1S/C22H19N3O3/c1-12-6-8-14(9-7-12)25-21(27)16-17(22(25)28)19(20(23)26)24-11-10-13-4-2-3-5-15(13)18(16)24/h2-11,16-19H,1H3,(H2,23,26)/p+1/t16-,17+,18-,19-/m0/s1. The van der Waals surface area contributed by atoms with Crippen LogP contribution in [0.15, 0.2) is 54.7 Å². The van der Waals surface area contributed by atoms with E-state index in [1.54, 1.807) is 12.1 Å². The van der Waals surface area contributed by atoms with Gasteiger partial charge in [0.2, 0.25) is 11.8 Å². The molecule has 6 heteroatoms. The van der Waals surface area contributed by atoms with Crippen molar-refractivity contribution < 1.29 is 19.3 Å². The number of nitrogens with two attached hydrogens (primary N) is 1. The summed E-state index contributed by atoms with van der Waals surface area (Å²) < 4.78 is 0. The van der Waals surface area contributed by atoms with Crippen molar-refractivity contribution in [3.63, 3.8) is 0 Å². The second-order valence-corrected chi connectivity index (χ2v) is 7.72. The van der Waals surface area contributed by atoms with E-state index < -0.39 is 23.8 Å². The van der Waals surface area contributed by atoms with Gasteiger partial charge < -0.3 is 5.73 Å². The molecule has 2 aromatic rings. The first-order valence-electron chi connectivity index (χ1n) is 9.36. The van der Waals surface area contributed by atoms with Crippen LogP contribution in [0.3, 0.4) is 0 Å².